The van der Waals surface area contributed by atoms with Crippen molar-refractivity contribution in [2.45, 2.75) is 90.1 Å². The molecule has 4 aliphatic carbocycles. The van der Waals surface area contributed by atoms with Crippen LogP contribution in [0.5, 0.6) is 0 Å². The van der Waals surface area contributed by atoms with Crippen molar-refractivity contribution in [3.8, 4) is 0 Å². The van der Waals surface area contributed by atoms with Gasteiger partial charge >= 0.3 is 0 Å². The van der Waals surface area contributed by atoms with Crippen LogP contribution in [0.2, 0.25) is 0 Å². The second kappa shape index (κ2) is 8.83. The number of hydrogen-bond donors (Lipinski definition) is 0. The molecule has 180 valence electrons. The first-order valence-corrected chi connectivity index (χ1v) is 14.2. The summed E-state index contributed by atoms with van der Waals surface area (Å²) in [5, 5.41) is 0. The molecule has 1 aromatic carbocycles. The Balaban J connectivity index is 1.14. The first-order valence-electron chi connectivity index (χ1n) is 14.2. The molecule has 3 saturated carbocycles. The molecule has 4 fully saturated rings. The summed E-state index contributed by atoms with van der Waals surface area (Å²) in [6.07, 6.45) is 16.8. The zero-order valence-electron chi connectivity index (χ0n) is 21.1. The monoisotopic (exact) mass is 447 g/mol. The van der Waals surface area contributed by atoms with Crippen LogP contribution >= 0.6 is 0 Å². The molecule has 33 heavy (non-hydrogen) atoms. The van der Waals surface area contributed by atoms with E-state index in [4.69, 9.17) is 4.74 Å². The predicted octanol–water partition coefficient (Wildman–Crippen LogP) is 7.21. The van der Waals surface area contributed by atoms with Crippen molar-refractivity contribution >= 4 is 0 Å². The Kier molecular flexibility index (Phi) is 5.98. The minimum absolute atomic E-state index is 0.434. The number of allylic oxidation sites excluding steroid dienone is 1. The van der Waals surface area contributed by atoms with Gasteiger partial charge in [-0.05, 0) is 117 Å². The molecular formula is C31H45NO. The van der Waals surface area contributed by atoms with Gasteiger partial charge in [0.2, 0.25) is 0 Å². The van der Waals surface area contributed by atoms with Crippen LogP contribution in [0.15, 0.2) is 42.0 Å². The maximum Gasteiger partial charge on any atom is 0.0613 e. The lowest BCUT2D eigenvalue weighted by Gasteiger charge is -2.58. The van der Waals surface area contributed by atoms with Crippen molar-refractivity contribution in [2.24, 2.45) is 28.6 Å². The third-order valence-corrected chi connectivity index (χ3v) is 11.2. The van der Waals surface area contributed by atoms with Crippen LogP contribution in [0, 0.1) is 28.6 Å². The SMILES string of the molecule is C[C@]12CC[C@H]3[C@@H](CC=C4C[C@@H](OCCN5CCCC5)CC[C@@]43C)[C@H]1CC[C@@H]2c1ccccc1. The van der Waals surface area contributed by atoms with Gasteiger partial charge in [0.05, 0.1) is 12.7 Å². The summed E-state index contributed by atoms with van der Waals surface area (Å²) in [4.78, 5) is 2.58. The van der Waals surface area contributed by atoms with Gasteiger partial charge in [0.15, 0.2) is 0 Å². The molecule has 0 aromatic heterocycles. The molecule has 2 nitrogen and oxygen atoms in total. The average molecular weight is 448 g/mol. The van der Waals surface area contributed by atoms with E-state index in [9.17, 15) is 0 Å². The van der Waals surface area contributed by atoms with Gasteiger partial charge in [-0.3, -0.25) is 0 Å². The fourth-order valence-corrected chi connectivity index (χ4v) is 9.36. The Hall–Kier alpha value is -1.12. The number of fused-ring (bicyclic) bond motifs is 5. The van der Waals surface area contributed by atoms with Gasteiger partial charge < -0.3 is 9.64 Å². The Bertz CT molecular complexity index is 857. The number of rotatable bonds is 5. The van der Waals surface area contributed by atoms with Crippen LogP contribution in [0.4, 0.5) is 0 Å². The molecule has 0 spiro atoms. The highest BCUT2D eigenvalue weighted by molar-refractivity contribution is 5.29. The first-order chi connectivity index (χ1) is 16.1. The highest BCUT2D eigenvalue weighted by atomic mass is 16.5. The van der Waals surface area contributed by atoms with Crippen LogP contribution in [-0.2, 0) is 4.74 Å². The average Bonchev–Trinajstić information content (AvgIpc) is 3.47. The molecule has 0 unspecified atom stereocenters. The summed E-state index contributed by atoms with van der Waals surface area (Å²) in [7, 11) is 0. The van der Waals surface area contributed by atoms with E-state index >= 15 is 0 Å². The van der Waals surface area contributed by atoms with Gasteiger partial charge in [-0.2, -0.15) is 0 Å². The van der Waals surface area contributed by atoms with Crippen molar-refractivity contribution in [2.75, 3.05) is 26.2 Å². The lowest BCUT2D eigenvalue weighted by atomic mass is 9.47. The largest absolute Gasteiger partial charge is 0.377 e. The molecule has 5 aliphatic rings. The normalized spacial score (nSPS) is 43.0. The number of ether oxygens (including phenoxy) is 1. The number of nitrogens with zero attached hydrogens (tertiary/aromatic N) is 1. The third-order valence-electron chi connectivity index (χ3n) is 11.2. The molecule has 2 heteroatoms. The number of likely N-dealkylation sites (tertiary alicyclic amines) is 1. The Morgan fingerprint density at radius 1 is 0.939 bits per heavy atom. The van der Waals surface area contributed by atoms with Crippen LogP contribution in [0.1, 0.15) is 89.5 Å². The second-order valence-electron chi connectivity index (χ2n) is 12.6. The van der Waals surface area contributed by atoms with Gasteiger partial charge in [-0.25, -0.2) is 0 Å². The quantitative estimate of drug-likeness (QED) is 0.442. The van der Waals surface area contributed by atoms with Crippen molar-refractivity contribution in [3.05, 3.63) is 47.5 Å². The molecule has 1 heterocycles. The zero-order valence-corrected chi connectivity index (χ0v) is 21.1. The van der Waals surface area contributed by atoms with E-state index in [0.717, 1.165) is 36.8 Å². The molecule has 0 amide bonds. The van der Waals surface area contributed by atoms with E-state index in [-0.39, 0.29) is 0 Å². The van der Waals surface area contributed by atoms with Gasteiger partial charge in [0.1, 0.15) is 0 Å². The van der Waals surface area contributed by atoms with Crippen molar-refractivity contribution in [3.63, 3.8) is 0 Å². The fourth-order valence-electron chi connectivity index (χ4n) is 9.36. The van der Waals surface area contributed by atoms with E-state index < -0.39 is 0 Å². The van der Waals surface area contributed by atoms with Gasteiger partial charge in [-0.15, -0.1) is 0 Å². The lowest BCUT2D eigenvalue weighted by molar-refractivity contribution is -0.0522. The Labute approximate surface area is 202 Å². The van der Waals surface area contributed by atoms with Crippen molar-refractivity contribution < 1.29 is 4.74 Å². The standard InChI is InChI=1S/C31H45NO/c1-30-16-14-25(33-21-20-32-18-6-7-19-32)22-24(30)10-11-26-28-13-12-27(23-8-4-3-5-9-23)31(28,2)17-15-29(26)30/h3-5,8-10,25-29H,6-7,11-22H2,1-2H3/t25-,26-,27+,28+,29-,30-,31+/m0/s1. The smallest absolute Gasteiger partial charge is 0.0613 e. The van der Waals surface area contributed by atoms with E-state index in [1.54, 1.807) is 11.1 Å². The summed E-state index contributed by atoms with van der Waals surface area (Å²) < 4.78 is 6.44. The summed E-state index contributed by atoms with van der Waals surface area (Å²) in [5.74, 6) is 3.47. The fraction of sp³-hybridized carbons (Fsp3) is 0.742. The Morgan fingerprint density at radius 2 is 1.76 bits per heavy atom. The summed E-state index contributed by atoms with van der Waals surface area (Å²) >= 11 is 0. The molecule has 0 bridgehead atoms. The first kappa shape index (κ1) is 22.4. The van der Waals surface area contributed by atoms with Crippen LogP contribution in [0.3, 0.4) is 0 Å². The van der Waals surface area contributed by atoms with E-state index in [1.807, 2.05) is 0 Å². The van der Waals surface area contributed by atoms with Crippen LogP contribution in [-0.4, -0.2) is 37.2 Å². The van der Waals surface area contributed by atoms with Crippen LogP contribution < -0.4 is 0 Å². The highest BCUT2D eigenvalue weighted by Gasteiger charge is 2.58. The maximum absolute atomic E-state index is 6.44. The van der Waals surface area contributed by atoms with Crippen LogP contribution in [0.25, 0.3) is 0 Å². The maximum atomic E-state index is 6.44. The lowest BCUT2D eigenvalue weighted by Crippen LogP contribution is -2.50. The summed E-state index contributed by atoms with van der Waals surface area (Å²) in [6.45, 7) is 9.94. The highest BCUT2D eigenvalue weighted by Crippen LogP contribution is 2.68. The van der Waals surface area contributed by atoms with E-state index in [1.165, 1.54) is 77.3 Å². The minimum atomic E-state index is 0.434. The summed E-state index contributed by atoms with van der Waals surface area (Å²) in [5.41, 5.74) is 4.30. The molecule has 1 aromatic rings. The third kappa shape index (κ3) is 3.84. The molecule has 1 aliphatic heterocycles. The van der Waals surface area contributed by atoms with Gasteiger partial charge in [-0.1, -0.05) is 55.8 Å². The van der Waals surface area contributed by atoms with Gasteiger partial charge in [0.25, 0.3) is 0 Å². The minimum Gasteiger partial charge on any atom is -0.377 e. The summed E-state index contributed by atoms with van der Waals surface area (Å²) in [6, 6.07) is 11.5. The predicted molar refractivity (Wildman–Crippen MR) is 136 cm³/mol. The van der Waals surface area contributed by atoms with Crippen molar-refractivity contribution in [1.29, 1.82) is 0 Å². The van der Waals surface area contributed by atoms with Gasteiger partial charge in [0, 0.05) is 6.54 Å². The van der Waals surface area contributed by atoms with E-state index in [2.05, 4.69) is 55.2 Å². The molecule has 0 radical (unpaired) electrons. The number of benzene rings is 1. The zero-order chi connectivity index (χ0) is 22.5. The molecular weight excluding hydrogens is 402 g/mol. The topological polar surface area (TPSA) is 12.5 Å². The molecule has 0 N–H and O–H groups in total. The molecule has 1 saturated heterocycles. The number of hydrogen-bond acceptors (Lipinski definition) is 2. The van der Waals surface area contributed by atoms with E-state index in [0.29, 0.717) is 16.9 Å². The Morgan fingerprint density at radius 3 is 2.58 bits per heavy atom. The molecule has 7 atom stereocenters. The second-order valence-corrected chi connectivity index (χ2v) is 12.6. The molecule has 6 rings (SSSR count). The van der Waals surface area contributed by atoms with Crippen molar-refractivity contribution in [1.82, 2.24) is 4.90 Å².